The number of hydrogen-bond acceptors (Lipinski definition) is 3. The Morgan fingerprint density at radius 3 is 2.27 bits per heavy atom. The van der Waals surface area contributed by atoms with Crippen LogP contribution in [0.1, 0.15) is 40.0 Å². The van der Waals surface area contributed by atoms with Gasteiger partial charge in [-0.2, -0.15) is 4.31 Å². The van der Waals surface area contributed by atoms with Crippen LogP contribution in [0.3, 0.4) is 0 Å². The first kappa shape index (κ1) is 12.9. The molecule has 1 N–H and O–H groups in total. The maximum atomic E-state index is 12.0. The van der Waals surface area contributed by atoms with Crippen molar-refractivity contribution < 1.29 is 13.5 Å². The molecule has 0 aromatic heterocycles. The van der Waals surface area contributed by atoms with Crippen molar-refractivity contribution in [2.24, 2.45) is 0 Å². The lowest BCUT2D eigenvalue weighted by Gasteiger charge is -2.28. The summed E-state index contributed by atoms with van der Waals surface area (Å²) < 4.78 is 25.4. The van der Waals surface area contributed by atoms with Crippen LogP contribution in [-0.2, 0) is 10.0 Å². The third-order valence-electron chi connectivity index (χ3n) is 2.34. The van der Waals surface area contributed by atoms with E-state index in [1.165, 1.54) is 4.31 Å². The molecule has 0 heterocycles. The van der Waals surface area contributed by atoms with Gasteiger partial charge in [0.15, 0.2) is 0 Å². The van der Waals surface area contributed by atoms with Gasteiger partial charge in [0, 0.05) is 13.1 Å². The monoisotopic (exact) mass is 235 g/mol. The van der Waals surface area contributed by atoms with Crippen LogP contribution in [0.4, 0.5) is 0 Å². The molecule has 1 saturated carbocycles. The number of nitrogens with zero attached hydrogens (tertiary/aromatic N) is 1. The minimum Gasteiger partial charge on any atom is -0.389 e. The van der Waals surface area contributed by atoms with E-state index in [-0.39, 0.29) is 11.8 Å². The zero-order chi connectivity index (χ0) is 11.7. The van der Waals surface area contributed by atoms with Gasteiger partial charge in [0.1, 0.15) is 0 Å². The third kappa shape index (κ3) is 3.74. The second kappa shape index (κ2) is 4.39. The highest BCUT2D eigenvalue weighted by atomic mass is 32.2. The van der Waals surface area contributed by atoms with Gasteiger partial charge in [0.2, 0.25) is 10.0 Å². The third-order valence-corrected chi connectivity index (χ3v) is 4.69. The van der Waals surface area contributed by atoms with Gasteiger partial charge >= 0.3 is 0 Å². The molecule has 0 bridgehead atoms. The number of sulfonamides is 1. The zero-order valence-corrected chi connectivity index (χ0v) is 10.5. The lowest BCUT2D eigenvalue weighted by atomic mass is 10.1. The summed E-state index contributed by atoms with van der Waals surface area (Å²) >= 11 is 0. The Morgan fingerprint density at radius 1 is 1.40 bits per heavy atom. The topological polar surface area (TPSA) is 57.6 Å². The lowest BCUT2D eigenvalue weighted by Crippen LogP contribution is -2.43. The molecule has 5 heteroatoms. The summed E-state index contributed by atoms with van der Waals surface area (Å²) in [4.78, 5) is 0. The van der Waals surface area contributed by atoms with E-state index in [1.54, 1.807) is 13.8 Å². The van der Waals surface area contributed by atoms with Crippen LogP contribution in [0.25, 0.3) is 0 Å². The molecule has 0 unspecified atom stereocenters. The molecule has 0 saturated heterocycles. The van der Waals surface area contributed by atoms with Gasteiger partial charge in [-0.1, -0.05) is 6.92 Å². The second-order valence-corrected chi connectivity index (χ2v) is 7.10. The molecular weight excluding hydrogens is 214 g/mol. The summed E-state index contributed by atoms with van der Waals surface area (Å²) in [6.07, 6.45) is 2.32. The highest BCUT2D eigenvalue weighted by Crippen LogP contribution is 2.31. The van der Waals surface area contributed by atoms with Crippen molar-refractivity contribution in [2.75, 3.05) is 13.1 Å². The van der Waals surface area contributed by atoms with E-state index in [9.17, 15) is 13.5 Å². The zero-order valence-electron chi connectivity index (χ0n) is 9.73. The van der Waals surface area contributed by atoms with Gasteiger partial charge in [-0.25, -0.2) is 8.42 Å². The Morgan fingerprint density at radius 2 is 1.93 bits per heavy atom. The number of aliphatic hydroxyl groups is 1. The van der Waals surface area contributed by atoms with Crippen molar-refractivity contribution in [1.29, 1.82) is 0 Å². The van der Waals surface area contributed by atoms with Crippen molar-refractivity contribution in [1.82, 2.24) is 4.31 Å². The molecule has 1 fully saturated rings. The van der Waals surface area contributed by atoms with Crippen LogP contribution in [0.15, 0.2) is 0 Å². The average molecular weight is 235 g/mol. The molecule has 0 aromatic rings. The van der Waals surface area contributed by atoms with E-state index in [4.69, 9.17) is 0 Å². The van der Waals surface area contributed by atoms with E-state index in [0.717, 1.165) is 19.3 Å². The Labute approximate surface area is 92.3 Å². The Hall–Kier alpha value is -0.130. The first-order valence-corrected chi connectivity index (χ1v) is 6.99. The Balaban J connectivity index is 2.73. The molecule has 0 radical (unpaired) electrons. The summed E-state index contributed by atoms with van der Waals surface area (Å²) in [5, 5.41) is 9.49. The second-order valence-electron chi connectivity index (χ2n) is 4.89. The molecule has 90 valence electrons. The number of hydrogen-bond donors (Lipinski definition) is 1. The van der Waals surface area contributed by atoms with Crippen molar-refractivity contribution in [3.8, 4) is 0 Å². The number of rotatable bonds is 6. The summed E-state index contributed by atoms with van der Waals surface area (Å²) in [5.41, 5.74) is -0.961. The first-order valence-electron chi connectivity index (χ1n) is 5.48. The molecule has 15 heavy (non-hydrogen) atoms. The van der Waals surface area contributed by atoms with Crippen LogP contribution >= 0.6 is 0 Å². The standard InChI is InChI=1S/C10H21NO3S/c1-4-7-11(8-10(2,3)12)15(13,14)9-5-6-9/h9,12H,4-8H2,1-3H3. The fraction of sp³-hybridized carbons (Fsp3) is 1.00. The van der Waals surface area contributed by atoms with E-state index in [0.29, 0.717) is 6.54 Å². The Kier molecular flexibility index (Phi) is 3.79. The fourth-order valence-electron chi connectivity index (χ4n) is 1.55. The molecule has 1 rings (SSSR count). The molecule has 0 atom stereocenters. The van der Waals surface area contributed by atoms with E-state index in [1.807, 2.05) is 6.92 Å². The van der Waals surface area contributed by atoms with Crippen LogP contribution in [-0.4, -0.2) is 41.8 Å². The molecule has 0 amide bonds. The van der Waals surface area contributed by atoms with Gasteiger partial charge in [-0.3, -0.25) is 0 Å². The molecule has 4 nitrogen and oxygen atoms in total. The van der Waals surface area contributed by atoms with Gasteiger partial charge in [-0.05, 0) is 33.1 Å². The molecule has 1 aliphatic carbocycles. The lowest BCUT2D eigenvalue weighted by molar-refractivity contribution is 0.0591. The van der Waals surface area contributed by atoms with E-state index < -0.39 is 15.6 Å². The fourth-order valence-corrected chi connectivity index (χ4v) is 3.64. The minimum absolute atomic E-state index is 0.189. The predicted octanol–water partition coefficient (Wildman–Crippen LogP) is 0.962. The van der Waals surface area contributed by atoms with Gasteiger partial charge in [0.25, 0.3) is 0 Å². The van der Waals surface area contributed by atoms with Crippen LogP contribution in [0, 0.1) is 0 Å². The molecule has 0 aromatic carbocycles. The van der Waals surface area contributed by atoms with Crippen molar-refractivity contribution in [2.45, 2.75) is 50.9 Å². The minimum atomic E-state index is -3.15. The SMILES string of the molecule is CCCN(CC(C)(C)O)S(=O)(=O)C1CC1. The molecule has 0 aliphatic heterocycles. The largest absolute Gasteiger partial charge is 0.389 e. The maximum absolute atomic E-state index is 12.0. The van der Waals surface area contributed by atoms with Crippen molar-refractivity contribution in [3.63, 3.8) is 0 Å². The summed E-state index contributed by atoms with van der Waals surface area (Å²) in [5.74, 6) is 0. The first-order chi connectivity index (χ1) is 6.77. The highest BCUT2D eigenvalue weighted by molar-refractivity contribution is 7.90. The van der Waals surface area contributed by atoms with E-state index in [2.05, 4.69) is 0 Å². The summed E-state index contributed by atoms with van der Waals surface area (Å²) in [6.45, 7) is 5.92. The van der Waals surface area contributed by atoms with Crippen LogP contribution < -0.4 is 0 Å². The maximum Gasteiger partial charge on any atom is 0.217 e. The van der Waals surface area contributed by atoms with Crippen molar-refractivity contribution in [3.05, 3.63) is 0 Å². The van der Waals surface area contributed by atoms with Crippen LogP contribution in [0.2, 0.25) is 0 Å². The van der Waals surface area contributed by atoms with Gasteiger partial charge in [-0.15, -0.1) is 0 Å². The molecular formula is C10H21NO3S. The van der Waals surface area contributed by atoms with Gasteiger partial charge in [0.05, 0.1) is 10.9 Å². The quantitative estimate of drug-likeness (QED) is 0.746. The summed E-state index contributed by atoms with van der Waals surface area (Å²) in [7, 11) is -3.15. The summed E-state index contributed by atoms with van der Waals surface area (Å²) in [6, 6.07) is 0. The van der Waals surface area contributed by atoms with E-state index >= 15 is 0 Å². The van der Waals surface area contributed by atoms with Crippen molar-refractivity contribution >= 4 is 10.0 Å². The average Bonchev–Trinajstić information content (AvgIpc) is 2.82. The van der Waals surface area contributed by atoms with Gasteiger partial charge < -0.3 is 5.11 Å². The normalized spacial score (nSPS) is 18.5. The Bertz CT molecular complexity index is 301. The highest BCUT2D eigenvalue weighted by Gasteiger charge is 2.40. The molecule has 1 aliphatic rings. The smallest absolute Gasteiger partial charge is 0.217 e. The van der Waals surface area contributed by atoms with Crippen LogP contribution in [0.5, 0.6) is 0 Å². The predicted molar refractivity (Wildman–Crippen MR) is 60.1 cm³/mol. The molecule has 0 spiro atoms.